The molecule has 0 amide bonds. The fourth-order valence-electron chi connectivity index (χ4n) is 2.29. The molecule has 3 atom stereocenters. The number of aliphatic hydroxyl groups is 1. The number of rotatable bonds is 4. The molecule has 5 nitrogen and oxygen atoms in total. The van der Waals surface area contributed by atoms with Gasteiger partial charge in [-0.25, -0.2) is 0 Å². The van der Waals surface area contributed by atoms with Gasteiger partial charge in [-0.3, -0.25) is 8.42 Å². The lowest BCUT2D eigenvalue weighted by Crippen LogP contribution is -2.36. The van der Waals surface area contributed by atoms with Gasteiger partial charge >= 0.3 is 0 Å². The first-order valence-corrected chi connectivity index (χ1v) is 9.00. The van der Waals surface area contributed by atoms with Crippen molar-refractivity contribution in [2.45, 2.75) is 17.1 Å². The predicted molar refractivity (Wildman–Crippen MR) is 78.9 cm³/mol. The fraction of sp³-hybridized carbons (Fsp3) is 0.538. The van der Waals surface area contributed by atoms with Crippen LogP contribution in [0.1, 0.15) is 18.1 Å². The van der Waals surface area contributed by atoms with Crippen LogP contribution in [-0.4, -0.2) is 43.8 Å². The minimum atomic E-state index is -1.32. The SMILES string of the molecule is COc1cccc(OC)c1[C@H](O)C1S(=O)CCCS1=O. The molecule has 1 aliphatic heterocycles. The Bertz CT molecular complexity index is 493. The minimum Gasteiger partial charge on any atom is -0.496 e. The number of ether oxygens (including phenoxy) is 2. The number of aliphatic hydroxyl groups excluding tert-OH is 1. The van der Waals surface area contributed by atoms with E-state index in [1.807, 2.05) is 0 Å². The van der Waals surface area contributed by atoms with Crippen LogP contribution >= 0.6 is 0 Å². The molecule has 1 N–H and O–H groups in total. The molecule has 1 aromatic rings. The molecule has 112 valence electrons. The normalized spacial score (nSPS) is 27.9. The van der Waals surface area contributed by atoms with Gasteiger partial charge in [0.2, 0.25) is 0 Å². The molecular weight excluding hydrogens is 300 g/mol. The summed E-state index contributed by atoms with van der Waals surface area (Å²) < 4.78 is 33.9. The second kappa shape index (κ2) is 6.69. The van der Waals surface area contributed by atoms with E-state index in [0.717, 1.165) is 0 Å². The monoisotopic (exact) mass is 318 g/mol. The second-order valence-electron chi connectivity index (χ2n) is 4.41. The number of hydrogen-bond donors (Lipinski definition) is 1. The molecule has 2 unspecified atom stereocenters. The van der Waals surface area contributed by atoms with Crippen LogP contribution in [0, 0.1) is 0 Å². The van der Waals surface area contributed by atoms with Crippen molar-refractivity contribution in [1.82, 2.24) is 0 Å². The van der Waals surface area contributed by atoms with E-state index in [1.54, 1.807) is 18.2 Å². The Morgan fingerprint density at radius 1 is 1.15 bits per heavy atom. The molecule has 0 aromatic heterocycles. The third-order valence-electron chi connectivity index (χ3n) is 3.23. The zero-order chi connectivity index (χ0) is 14.7. The lowest BCUT2D eigenvalue weighted by Gasteiger charge is -2.27. The van der Waals surface area contributed by atoms with Crippen molar-refractivity contribution < 1.29 is 23.0 Å². The molecule has 1 fully saturated rings. The van der Waals surface area contributed by atoms with Gasteiger partial charge in [0.15, 0.2) is 0 Å². The molecule has 1 aromatic carbocycles. The van der Waals surface area contributed by atoms with E-state index in [-0.39, 0.29) is 0 Å². The average molecular weight is 318 g/mol. The Morgan fingerprint density at radius 3 is 2.10 bits per heavy atom. The quantitative estimate of drug-likeness (QED) is 0.895. The molecule has 0 bridgehead atoms. The van der Waals surface area contributed by atoms with Crippen molar-refractivity contribution in [3.05, 3.63) is 23.8 Å². The minimum absolute atomic E-state index is 0.408. The topological polar surface area (TPSA) is 72.8 Å². The van der Waals surface area contributed by atoms with Crippen LogP contribution in [0.25, 0.3) is 0 Å². The fourth-order valence-corrected chi connectivity index (χ4v) is 6.18. The molecule has 1 saturated heterocycles. The lowest BCUT2D eigenvalue weighted by atomic mass is 10.1. The van der Waals surface area contributed by atoms with E-state index < -0.39 is 32.3 Å². The highest BCUT2D eigenvalue weighted by Crippen LogP contribution is 2.38. The molecule has 20 heavy (non-hydrogen) atoms. The summed E-state index contributed by atoms with van der Waals surface area (Å²) in [6.45, 7) is 0. The molecule has 0 spiro atoms. The molecule has 1 heterocycles. The number of hydrogen-bond acceptors (Lipinski definition) is 5. The summed E-state index contributed by atoms with van der Waals surface area (Å²) in [5, 5.41) is 10.6. The van der Waals surface area contributed by atoms with Crippen molar-refractivity contribution >= 4 is 21.6 Å². The van der Waals surface area contributed by atoms with Crippen LogP contribution in [0.15, 0.2) is 18.2 Å². The molecular formula is C13H18O5S2. The number of methoxy groups -OCH3 is 2. The van der Waals surface area contributed by atoms with E-state index in [4.69, 9.17) is 9.47 Å². The van der Waals surface area contributed by atoms with Gasteiger partial charge in [0, 0.05) is 33.1 Å². The maximum absolute atomic E-state index is 12.1. The third kappa shape index (κ3) is 2.89. The van der Waals surface area contributed by atoms with Gasteiger partial charge in [0.1, 0.15) is 22.2 Å². The summed E-state index contributed by atoms with van der Waals surface area (Å²) >= 11 is 0. The summed E-state index contributed by atoms with van der Waals surface area (Å²) in [6.07, 6.45) is -0.478. The van der Waals surface area contributed by atoms with Crippen molar-refractivity contribution in [2.24, 2.45) is 0 Å². The molecule has 7 heteroatoms. The Kier molecular flexibility index (Phi) is 5.17. The van der Waals surface area contributed by atoms with Crippen molar-refractivity contribution in [2.75, 3.05) is 25.7 Å². The molecule has 0 saturated carbocycles. The first kappa shape index (κ1) is 15.5. The van der Waals surface area contributed by atoms with E-state index in [0.29, 0.717) is 35.0 Å². The van der Waals surface area contributed by atoms with Crippen LogP contribution in [0.4, 0.5) is 0 Å². The van der Waals surface area contributed by atoms with Gasteiger partial charge in [-0.1, -0.05) is 6.07 Å². The van der Waals surface area contributed by atoms with Crippen molar-refractivity contribution in [3.8, 4) is 11.5 Å². The summed E-state index contributed by atoms with van der Waals surface area (Å²) in [7, 11) is 0.331. The highest BCUT2D eigenvalue weighted by molar-refractivity contribution is 8.03. The van der Waals surface area contributed by atoms with Gasteiger partial charge < -0.3 is 14.6 Å². The molecule has 0 aliphatic carbocycles. The molecule has 2 rings (SSSR count). The maximum atomic E-state index is 12.1. The van der Waals surface area contributed by atoms with E-state index in [9.17, 15) is 13.5 Å². The zero-order valence-electron chi connectivity index (χ0n) is 11.4. The summed E-state index contributed by atoms with van der Waals surface area (Å²) in [4.78, 5) is 0. The maximum Gasteiger partial charge on any atom is 0.140 e. The average Bonchev–Trinajstić information content (AvgIpc) is 2.45. The van der Waals surface area contributed by atoms with E-state index in [1.165, 1.54) is 14.2 Å². The van der Waals surface area contributed by atoms with Gasteiger partial charge in [0.25, 0.3) is 0 Å². The highest BCUT2D eigenvalue weighted by Gasteiger charge is 2.37. The van der Waals surface area contributed by atoms with Crippen LogP contribution in [-0.2, 0) is 21.6 Å². The number of benzene rings is 1. The Labute approximate surface area is 123 Å². The van der Waals surface area contributed by atoms with Crippen molar-refractivity contribution in [1.29, 1.82) is 0 Å². The summed E-state index contributed by atoms with van der Waals surface area (Å²) in [5.41, 5.74) is 0.408. The largest absolute Gasteiger partial charge is 0.496 e. The summed E-state index contributed by atoms with van der Waals surface area (Å²) in [6, 6.07) is 5.12. The first-order valence-electron chi connectivity index (χ1n) is 6.23. The van der Waals surface area contributed by atoms with Crippen LogP contribution in [0.2, 0.25) is 0 Å². The van der Waals surface area contributed by atoms with E-state index >= 15 is 0 Å². The molecule has 0 radical (unpaired) electrons. The standard InChI is InChI=1S/C13H18O5S2/c1-17-9-5-3-6-10(18-2)11(9)12(14)13-19(15)7-4-8-20(13)16/h3,5-6,12-14H,4,7-8H2,1-2H3/t12-,13?,19?,20?/m0/s1. The van der Waals surface area contributed by atoms with Gasteiger partial charge in [-0.05, 0) is 18.6 Å². The first-order chi connectivity index (χ1) is 9.60. The Hall–Kier alpha value is -0.920. The van der Waals surface area contributed by atoms with Gasteiger partial charge in [0.05, 0.1) is 19.8 Å². The van der Waals surface area contributed by atoms with Crippen LogP contribution < -0.4 is 9.47 Å². The smallest absolute Gasteiger partial charge is 0.140 e. The van der Waals surface area contributed by atoms with Gasteiger partial charge in [-0.2, -0.15) is 0 Å². The highest BCUT2D eigenvalue weighted by atomic mass is 32.2. The van der Waals surface area contributed by atoms with Crippen molar-refractivity contribution in [3.63, 3.8) is 0 Å². The molecule has 1 aliphatic rings. The summed E-state index contributed by atoms with van der Waals surface area (Å²) in [5.74, 6) is 1.81. The van der Waals surface area contributed by atoms with Crippen LogP contribution in [0.3, 0.4) is 0 Å². The third-order valence-corrected chi connectivity index (χ3v) is 7.45. The Morgan fingerprint density at radius 2 is 1.65 bits per heavy atom. The van der Waals surface area contributed by atoms with Gasteiger partial charge in [-0.15, -0.1) is 0 Å². The second-order valence-corrected chi connectivity index (χ2v) is 8.07. The Balaban J connectivity index is 2.44. The van der Waals surface area contributed by atoms with Crippen LogP contribution in [0.5, 0.6) is 11.5 Å². The lowest BCUT2D eigenvalue weighted by molar-refractivity contribution is 0.183. The zero-order valence-corrected chi connectivity index (χ0v) is 13.0. The van der Waals surface area contributed by atoms with E-state index in [2.05, 4.69) is 0 Å². The predicted octanol–water partition coefficient (Wildman–Crippen LogP) is 0.964.